The Balaban J connectivity index is 2.04. The molecule has 1 aromatic heterocycles. The SMILES string of the molecule is Cn1nc(/C=C/c2ccccc2)c2ccc([N+](=O)[O-])cc21. The van der Waals surface area contributed by atoms with Gasteiger partial charge in [-0.25, -0.2) is 0 Å². The summed E-state index contributed by atoms with van der Waals surface area (Å²) in [6.07, 6.45) is 3.90. The van der Waals surface area contributed by atoms with Crippen LogP contribution in [0.4, 0.5) is 5.69 Å². The average molecular weight is 279 g/mol. The molecular formula is C16H13N3O2. The van der Waals surface area contributed by atoms with Crippen molar-refractivity contribution in [2.45, 2.75) is 0 Å². The van der Waals surface area contributed by atoms with Gasteiger partial charge in [0.1, 0.15) is 0 Å². The molecule has 2 aromatic carbocycles. The lowest BCUT2D eigenvalue weighted by molar-refractivity contribution is -0.384. The van der Waals surface area contributed by atoms with Crippen molar-refractivity contribution in [3.8, 4) is 0 Å². The van der Waals surface area contributed by atoms with Crippen molar-refractivity contribution < 1.29 is 4.92 Å². The second kappa shape index (κ2) is 5.20. The fraction of sp³-hybridized carbons (Fsp3) is 0.0625. The van der Waals surface area contributed by atoms with Crippen molar-refractivity contribution in [3.63, 3.8) is 0 Å². The number of aryl methyl sites for hydroxylation is 1. The first-order valence-electron chi connectivity index (χ1n) is 6.49. The molecule has 5 nitrogen and oxygen atoms in total. The minimum Gasteiger partial charge on any atom is -0.267 e. The summed E-state index contributed by atoms with van der Waals surface area (Å²) in [4.78, 5) is 10.4. The summed E-state index contributed by atoms with van der Waals surface area (Å²) in [5, 5.41) is 16.1. The zero-order valence-electron chi connectivity index (χ0n) is 11.4. The lowest BCUT2D eigenvalue weighted by Crippen LogP contribution is -1.91. The first-order valence-corrected chi connectivity index (χ1v) is 6.49. The maximum atomic E-state index is 10.8. The van der Waals surface area contributed by atoms with Crippen LogP contribution in [-0.4, -0.2) is 14.7 Å². The van der Waals surface area contributed by atoms with Gasteiger partial charge in [-0.1, -0.05) is 36.4 Å². The van der Waals surface area contributed by atoms with Gasteiger partial charge in [-0.2, -0.15) is 5.10 Å². The molecule has 1 heterocycles. The van der Waals surface area contributed by atoms with Crippen LogP contribution in [0, 0.1) is 10.1 Å². The predicted molar refractivity (Wildman–Crippen MR) is 82.7 cm³/mol. The maximum absolute atomic E-state index is 10.8. The third kappa shape index (κ3) is 2.53. The Bertz CT molecular complexity index is 835. The summed E-state index contributed by atoms with van der Waals surface area (Å²) >= 11 is 0. The maximum Gasteiger partial charge on any atom is 0.271 e. The number of hydrogen-bond donors (Lipinski definition) is 0. The summed E-state index contributed by atoms with van der Waals surface area (Å²) in [6, 6.07) is 14.7. The molecule has 21 heavy (non-hydrogen) atoms. The molecule has 0 bridgehead atoms. The van der Waals surface area contributed by atoms with Gasteiger partial charge in [0.05, 0.1) is 16.1 Å². The van der Waals surface area contributed by atoms with Crippen LogP contribution in [0.2, 0.25) is 0 Å². The van der Waals surface area contributed by atoms with Crippen LogP contribution in [0.5, 0.6) is 0 Å². The number of nitrogens with zero attached hydrogens (tertiary/aromatic N) is 3. The minimum atomic E-state index is -0.397. The number of aromatic nitrogens is 2. The minimum absolute atomic E-state index is 0.0732. The van der Waals surface area contributed by atoms with Gasteiger partial charge in [-0.05, 0) is 17.7 Å². The van der Waals surface area contributed by atoms with Crippen LogP contribution >= 0.6 is 0 Å². The van der Waals surface area contributed by atoms with E-state index in [1.54, 1.807) is 23.9 Å². The number of fused-ring (bicyclic) bond motifs is 1. The van der Waals surface area contributed by atoms with Gasteiger partial charge in [-0.15, -0.1) is 0 Å². The molecule has 3 rings (SSSR count). The number of nitro benzene ring substituents is 1. The molecule has 0 N–H and O–H groups in total. The van der Waals surface area contributed by atoms with Crippen LogP contribution in [-0.2, 0) is 7.05 Å². The Hall–Kier alpha value is -2.95. The van der Waals surface area contributed by atoms with E-state index in [1.807, 2.05) is 42.5 Å². The molecule has 0 saturated heterocycles. The fourth-order valence-corrected chi connectivity index (χ4v) is 2.25. The first-order chi connectivity index (χ1) is 10.1. The van der Waals surface area contributed by atoms with E-state index in [0.717, 1.165) is 22.2 Å². The molecule has 0 amide bonds. The fourth-order valence-electron chi connectivity index (χ4n) is 2.25. The van der Waals surface area contributed by atoms with E-state index >= 15 is 0 Å². The summed E-state index contributed by atoms with van der Waals surface area (Å²) < 4.78 is 1.66. The number of hydrogen-bond acceptors (Lipinski definition) is 3. The Morgan fingerprint density at radius 1 is 1.14 bits per heavy atom. The van der Waals surface area contributed by atoms with E-state index in [1.165, 1.54) is 6.07 Å². The van der Waals surface area contributed by atoms with Gasteiger partial charge >= 0.3 is 0 Å². The van der Waals surface area contributed by atoms with E-state index in [9.17, 15) is 10.1 Å². The van der Waals surface area contributed by atoms with Gasteiger partial charge in [0, 0.05) is 24.6 Å². The van der Waals surface area contributed by atoms with E-state index in [-0.39, 0.29) is 5.69 Å². The number of benzene rings is 2. The molecule has 0 aliphatic carbocycles. The van der Waals surface area contributed by atoms with E-state index in [2.05, 4.69) is 5.10 Å². The highest BCUT2D eigenvalue weighted by Gasteiger charge is 2.11. The van der Waals surface area contributed by atoms with Gasteiger partial charge in [0.25, 0.3) is 5.69 Å². The van der Waals surface area contributed by atoms with Crippen molar-refractivity contribution in [2.24, 2.45) is 7.05 Å². The van der Waals surface area contributed by atoms with Crippen LogP contribution in [0.1, 0.15) is 11.3 Å². The normalized spacial score (nSPS) is 11.3. The van der Waals surface area contributed by atoms with E-state index in [0.29, 0.717) is 0 Å². The topological polar surface area (TPSA) is 61.0 Å². The third-order valence-electron chi connectivity index (χ3n) is 3.31. The highest BCUT2D eigenvalue weighted by Crippen LogP contribution is 2.24. The predicted octanol–water partition coefficient (Wildman–Crippen LogP) is 3.65. The summed E-state index contributed by atoms with van der Waals surface area (Å²) in [7, 11) is 1.78. The average Bonchev–Trinajstić information content (AvgIpc) is 2.82. The van der Waals surface area contributed by atoms with Crippen LogP contribution in [0.3, 0.4) is 0 Å². The van der Waals surface area contributed by atoms with Gasteiger partial charge in [-0.3, -0.25) is 14.8 Å². The summed E-state index contributed by atoms with van der Waals surface area (Å²) in [6.45, 7) is 0. The van der Waals surface area contributed by atoms with E-state index in [4.69, 9.17) is 0 Å². The Labute approximate surface area is 121 Å². The largest absolute Gasteiger partial charge is 0.271 e. The summed E-state index contributed by atoms with van der Waals surface area (Å²) in [5.41, 5.74) is 2.70. The second-order valence-electron chi connectivity index (χ2n) is 4.71. The Kier molecular flexibility index (Phi) is 3.23. The highest BCUT2D eigenvalue weighted by atomic mass is 16.6. The molecular weight excluding hydrogens is 266 g/mol. The third-order valence-corrected chi connectivity index (χ3v) is 3.31. The van der Waals surface area contributed by atoms with Crippen molar-refractivity contribution in [1.29, 1.82) is 0 Å². The molecule has 0 radical (unpaired) electrons. The molecule has 0 unspecified atom stereocenters. The summed E-state index contributed by atoms with van der Waals surface area (Å²) in [5.74, 6) is 0. The lowest BCUT2D eigenvalue weighted by atomic mass is 10.1. The molecule has 0 atom stereocenters. The van der Waals surface area contributed by atoms with Crippen molar-refractivity contribution in [1.82, 2.24) is 9.78 Å². The molecule has 5 heteroatoms. The van der Waals surface area contributed by atoms with Crippen LogP contribution in [0.15, 0.2) is 48.5 Å². The molecule has 0 saturated carbocycles. The second-order valence-corrected chi connectivity index (χ2v) is 4.71. The first kappa shape index (κ1) is 13.1. The quantitative estimate of drug-likeness (QED) is 0.543. The van der Waals surface area contributed by atoms with Crippen LogP contribution < -0.4 is 0 Å². The van der Waals surface area contributed by atoms with Gasteiger partial charge in [0.2, 0.25) is 0 Å². The molecule has 0 aliphatic rings. The molecule has 0 aliphatic heterocycles. The van der Waals surface area contributed by atoms with Gasteiger partial charge in [0.15, 0.2) is 0 Å². The van der Waals surface area contributed by atoms with Crippen molar-refractivity contribution in [2.75, 3.05) is 0 Å². The standard InChI is InChI=1S/C16H13N3O2/c1-18-16-11-13(19(20)21)8-9-14(16)15(17-18)10-7-12-5-3-2-4-6-12/h2-11H,1H3/b10-7+. The smallest absolute Gasteiger partial charge is 0.267 e. The Morgan fingerprint density at radius 3 is 2.62 bits per heavy atom. The highest BCUT2D eigenvalue weighted by molar-refractivity contribution is 5.91. The number of non-ortho nitro benzene ring substituents is 1. The van der Waals surface area contributed by atoms with Crippen LogP contribution in [0.25, 0.3) is 23.1 Å². The molecule has 104 valence electrons. The number of nitro groups is 1. The van der Waals surface area contributed by atoms with Crippen molar-refractivity contribution in [3.05, 3.63) is 69.9 Å². The van der Waals surface area contributed by atoms with Gasteiger partial charge < -0.3 is 0 Å². The monoisotopic (exact) mass is 279 g/mol. The van der Waals surface area contributed by atoms with E-state index < -0.39 is 4.92 Å². The Morgan fingerprint density at radius 2 is 1.90 bits per heavy atom. The number of rotatable bonds is 3. The zero-order valence-corrected chi connectivity index (χ0v) is 11.4. The van der Waals surface area contributed by atoms with Crippen molar-refractivity contribution >= 4 is 28.7 Å². The molecule has 3 aromatic rings. The lowest BCUT2D eigenvalue weighted by Gasteiger charge is -1.94. The molecule has 0 fully saturated rings. The molecule has 0 spiro atoms. The zero-order chi connectivity index (χ0) is 14.8.